The summed E-state index contributed by atoms with van der Waals surface area (Å²) in [6.45, 7) is 0.420. The molecule has 0 bridgehead atoms. The van der Waals surface area contributed by atoms with Gasteiger partial charge in [-0.2, -0.15) is 0 Å². The lowest BCUT2D eigenvalue weighted by Gasteiger charge is -2.25. The molecule has 1 amide bonds. The van der Waals surface area contributed by atoms with Crippen molar-refractivity contribution in [2.45, 2.75) is 25.3 Å². The SMILES string of the molecule is CNC(=O)CNC1CCc2ccccc2C1. The molecule has 0 fully saturated rings. The first-order chi connectivity index (χ1) is 7.79. The van der Waals surface area contributed by atoms with Crippen LogP contribution in [0.5, 0.6) is 0 Å². The maximum atomic E-state index is 11.1. The van der Waals surface area contributed by atoms with E-state index in [-0.39, 0.29) is 5.91 Å². The van der Waals surface area contributed by atoms with Crippen LogP contribution in [-0.2, 0) is 17.6 Å². The molecule has 3 nitrogen and oxygen atoms in total. The van der Waals surface area contributed by atoms with Gasteiger partial charge in [0.1, 0.15) is 0 Å². The minimum atomic E-state index is 0.0545. The van der Waals surface area contributed by atoms with Gasteiger partial charge in [0.25, 0.3) is 0 Å². The molecule has 2 N–H and O–H groups in total. The summed E-state index contributed by atoms with van der Waals surface area (Å²) in [4.78, 5) is 11.1. The van der Waals surface area contributed by atoms with Crippen LogP contribution in [-0.4, -0.2) is 25.5 Å². The largest absolute Gasteiger partial charge is 0.358 e. The number of fused-ring (bicyclic) bond motifs is 1. The highest BCUT2D eigenvalue weighted by Crippen LogP contribution is 2.20. The Morgan fingerprint density at radius 2 is 2.12 bits per heavy atom. The maximum Gasteiger partial charge on any atom is 0.233 e. The Labute approximate surface area is 96.2 Å². The molecule has 1 unspecified atom stereocenters. The molecule has 1 aliphatic carbocycles. The van der Waals surface area contributed by atoms with E-state index in [0.29, 0.717) is 12.6 Å². The lowest BCUT2D eigenvalue weighted by molar-refractivity contribution is -0.119. The second-order valence-electron chi connectivity index (χ2n) is 4.26. The Morgan fingerprint density at radius 1 is 1.38 bits per heavy atom. The van der Waals surface area contributed by atoms with Gasteiger partial charge in [0, 0.05) is 13.1 Å². The second-order valence-corrected chi connectivity index (χ2v) is 4.26. The van der Waals surface area contributed by atoms with Crippen LogP contribution >= 0.6 is 0 Å². The van der Waals surface area contributed by atoms with E-state index in [1.807, 2.05) is 0 Å². The van der Waals surface area contributed by atoms with Gasteiger partial charge >= 0.3 is 0 Å². The summed E-state index contributed by atoms with van der Waals surface area (Å²) < 4.78 is 0. The van der Waals surface area contributed by atoms with Gasteiger partial charge in [0.15, 0.2) is 0 Å². The van der Waals surface area contributed by atoms with Crippen LogP contribution in [0.1, 0.15) is 17.5 Å². The molecule has 2 rings (SSSR count). The number of hydrogen-bond donors (Lipinski definition) is 2. The van der Waals surface area contributed by atoms with Crippen molar-refractivity contribution in [2.24, 2.45) is 0 Å². The van der Waals surface area contributed by atoms with E-state index in [0.717, 1.165) is 19.3 Å². The van der Waals surface area contributed by atoms with Crippen molar-refractivity contribution in [3.63, 3.8) is 0 Å². The van der Waals surface area contributed by atoms with Gasteiger partial charge in [0.05, 0.1) is 6.54 Å². The highest BCUT2D eigenvalue weighted by atomic mass is 16.1. The van der Waals surface area contributed by atoms with Crippen LogP contribution in [0.3, 0.4) is 0 Å². The topological polar surface area (TPSA) is 41.1 Å². The van der Waals surface area contributed by atoms with Crippen LogP contribution in [0, 0.1) is 0 Å². The predicted molar refractivity (Wildman–Crippen MR) is 64.3 cm³/mol. The molecular weight excluding hydrogens is 200 g/mol. The highest BCUT2D eigenvalue weighted by Gasteiger charge is 2.17. The highest BCUT2D eigenvalue weighted by molar-refractivity contribution is 5.77. The third-order valence-corrected chi connectivity index (χ3v) is 3.18. The average molecular weight is 218 g/mol. The smallest absolute Gasteiger partial charge is 0.233 e. The second kappa shape index (κ2) is 5.12. The Morgan fingerprint density at radius 3 is 2.88 bits per heavy atom. The quantitative estimate of drug-likeness (QED) is 0.790. The van der Waals surface area contributed by atoms with Gasteiger partial charge < -0.3 is 10.6 Å². The Hall–Kier alpha value is -1.35. The van der Waals surface area contributed by atoms with E-state index in [1.54, 1.807) is 7.05 Å². The molecule has 0 heterocycles. The molecule has 3 heteroatoms. The van der Waals surface area contributed by atoms with Crippen LogP contribution in [0.15, 0.2) is 24.3 Å². The molecule has 1 aliphatic rings. The van der Waals surface area contributed by atoms with Gasteiger partial charge in [-0.1, -0.05) is 24.3 Å². The fourth-order valence-electron chi connectivity index (χ4n) is 2.20. The predicted octanol–water partition coefficient (Wildman–Crippen LogP) is 0.879. The summed E-state index contributed by atoms with van der Waals surface area (Å²) in [5.74, 6) is 0.0545. The number of nitrogens with one attached hydrogen (secondary N) is 2. The minimum Gasteiger partial charge on any atom is -0.358 e. The Bertz CT molecular complexity index is 376. The number of carbonyl (C=O) groups excluding carboxylic acids is 1. The summed E-state index contributed by atoms with van der Waals surface area (Å²) in [7, 11) is 1.67. The molecule has 1 aromatic carbocycles. The average Bonchev–Trinajstić information content (AvgIpc) is 2.35. The lowest BCUT2D eigenvalue weighted by Crippen LogP contribution is -2.40. The number of rotatable bonds is 3. The van der Waals surface area contributed by atoms with Gasteiger partial charge in [-0.15, -0.1) is 0 Å². The molecule has 1 atom stereocenters. The van der Waals surface area contributed by atoms with Crippen LogP contribution in [0.2, 0.25) is 0 Å². The molecule has 1 aromatic rings. The number of amides is 1. The van der Waals surface area contributed by atoms with Crippen LogP contribution in [0.4, 0.5) is 0 Å². The summed E-state index contributed by atoms with van der Waals surface area (Å²) in [5.41, 5.74) is 2.88. The van der Waals surface area contributed by atoms with Gasteiger partial charge in [-0.25, -0.2) is 0 Å². The molecule has 16 heavy (non-hydrogen) atoms. The first kappa shape index (κ1) is 11.1. The van der Waals surface area contributed by atoms with Gasteiger partial charge in [-0.3, -0.25) is 4.79 Å². The van der Waals surface area contributed by atoms with Crippen molar-refractivity contribution >= 4 is 5.91 Å². The Kier molecular flexibility index (Phi) is 3.57. The molecular formula is C13H18N2O. The first-order valence-electron chi connectivity index (χ1n) is 5.80. The van der Waals surface area contributed by atoms with Gasteiger partial charge in [-0.05, 0) is 30.4 Å². The van der Waals surface area contributed by atoms with Crippen molar-refractivity contribution in [2.75, 3.05) is 13.6 Å². The fraction of sp³-hybridized carbons (Fsp3) is 0.462. The summed E-state index contributed by atoms with van der Waals surface area (Å²) in [6, 6.07) is 9.00. The summed E-state index contributed by atoms with van der Waals surface area (Å²) >= 11 is 0. The van der Waals surface area contributed by atoms with Crippen molar-refractivity contribution in [3.8, 4) is 0 Å². The van der Waals surface area contributed by atoms with E-state index in [2.05, 4.69) is 34.9 Å². The number of hydrogen-bond acceptors (Lipinski definition) is 2. The molecule has 0 spiro atoms. The summed E-state index contributed by atoms with van der Waals surface area (Å²) in [5, 5.41) is 5.92. The zero-order chi connectivity index (χ0) is 11.4. The zero-order valence-corrected chi connectivity index (χ0v) is 9.62. The first-order valence-corrected chi connectivity index (χ1v) is 5.80. The molecule has 0 saturated carbocycles. The third kappa shape index (κ3) is 2.61. The van der Waals surface area contributed by atoms with E-state index in [9.17, 15) is 4.79 Å². The van der Waals surface area contributed by atoms with Gasteiger partial charge in [0.2, 0.25) is 5.91 Å². The molecule has 0 saturated heterocycles. The van der Waals surface area contributed by atoms with Crippen LogP contribution in [0.25, 0.3) is 0 Å². The van der Waals surface area contributed by atoms with E-state index in [1.165, 1.54) is 11.1 Å². The normalized spacial score (nSPS) is 18.9. The standard InChI is InChI=1S/C13H18N2O/c1-14-13(16)9-15-12-7-6-10-4-2-3-5-11(10)8-12/h2-5,12,15H,6-9H2,1H3,(H,14,16). The maximum absolute atomic E-state index is 11.1. The number of aryl methyl sites for hydroxylation is 1. The van der Waals surface area contributed by atoms with E-state index in [4.69, 9.17) is 0 Å². The number of likely N-dealkylation sites (N-methyl/N-ethyl adjacent to an activating group) is 1. The lowest BCUT2D eigenvalue weighted by atomic mass is 9.88. The minimum absolute atomic E-state index is 0.0545. The fourth-order valence-corrected chi connectivity index (χ4v) is 2.20. The third-order valence-electron chi connectivity index (χ3n) is 3.18. The van der Waals surface area contributed by atoms with Crippen molar-refractivity contribution in [3.05, 3.63) is 35.4 Å². The van der Waals surface area contributed by atoms with Crippen LogP contribution < -0.4 is 10.6 Å². The monoisotopic (exact) mass is 218 g/mol. The van der Waals surface area contributed by atoms with Crippen molar-refractivity contribution in [1.29, 1.82) is 0 Å². The van der Waals surface area contributed by atoms with Crippen molar-refractivity contribution < 1.29 is 4.79 Å². The molecule has 0 aliphatic heterocycles. The number of carbonyl (C=O) groups is 1. The van der Waals surface area contributed by atoms with Crippen molar-refractivity contribution in [1.82, 2.24) is 10.6 Å². The molecule has 86 valence electrons. The summed E-state index contributed by atoms with van der Waals surface area (Å²) in [6.07, 6.45) is 3.27. The van der Waals surface area contributed by atoms with E-state index < -0.39 is 0 Å². The zero-order valence-electron chi connectivity index (χ0n) is 9.62. The number of benzene rings is 1. The van der Waals surface area contributed by atoms with E-state index >= 15 is 0 Å². The Balaban J connectivity index is 1.90. The molecule has 0 radical (unpaired) electrons. The molecule has 0 aromatic heterocycles.